The number of thioether (sulfide) groups is 1. The lowest BCUT2D eigenvalue weighted by Gasteiger charge is -2.22. The number of rotatable bonds is 6. The molecule has 0 fully saturated rings. The van der Waals surface area contributed by atoms with Gasteiger partial charge in [-0.15, -0.1) is 11.3 Å². The number of nitrogens with two attached hydrogens (primary N) is 1. The molecule has 0 aromatic carbocycles. The van der Waals surface area contributed by atoms with Gasteiger partial charge in [0, 0.05) is 20.8 Å². The highest BCUT2D eigenvalue weighted by Gasteiger charge is 2.20. The molecular weight excluding hydrogens is 302 g/mol. The Hall–Kier alpha value is 0.490. The molecule has 1 heterocycles. The number of halogens is 1. The number of hydrogen-bond acceptors (Lipinski definition) is 3. The molecule has 0 bridgehead atoms. The van der Waals surface area contributed by atoms with Crippen molar-refractivity contribution < 1.29 is 0 Å². The van der Waals surface area contributed by atoms with E-state index < -0.39 is 0 Å². The van der Waals surface area contributed by atoms with Gasteiger partial charge in [-0.25, -0.2) is 0 Å². The quantitative estimate of drug-likeness (QED) is 0.823. The zero-order chi connectivity index (χ0) is 12.1. The molecule has 0 aliphatic carbocycles. The summed E-state index contributed by atoms with van der Waals surface area (Å²) in [4.78, 5) is 1.40. The van der Waals surface area contributed by atoms with Crippen LogP contribution in [-0.4, -0.2) is 11.8 Å². The maximum absolute atomic E-state index is 6.22. The van der Waals surface area contributed by atoms with Crippen LogP contribution in [0.15, 0.2) is 15.9 Å². The summed E-state index contributed by atoms with van der Waals surface area (Å²) in [6.45, 7) is 6.67. The van der Waals surface area contributed by atoms with Gasteiger partial charge < -0.3 is 5.73 Å². The van der Waals surface area contributed by atoms with Crippen LogP contribution in [-0.2, 0) is 0 Å². The summed E-state index contributed by atoms with van der Waals surface area (Å²) in [6.07, 6.45) is 1.03. The maximum Gasteiger partial charge on any atom is 0.0542 e. The molecule has 1 nitrogen and oxygen atoms in total. The Balaban J connectivity index is 2.71. The average Bonchev–Trinajstić information content (AvgIpc) is 2.64. The molecule has 2 atom stereocenters. The first-order chi connectivity index (χ1) is 7.54. The molecular formula is C12H20BrNS2. The molecule has 2 unspecified atom stereocenters. The fourth-order valence-corrected chi connectivity index (χ4v) is 4.54. The predicted octanol–water partition coefficient (Wildman–Crippen LogP) is 4.68. The summed E-state index contributed by atoms with van der Waals surface area (Å²) >= 11 is 7.31. The van der Waals surface area contributed by atoms with Crippen LogP contribution in [0.1, 0.15) is 37.3 Å². The molecule has 1 aromatic rings. The second-order valence-corrected chi connectivity index (χ2v) is 7.42. The lowest BCUT2D eigenvalue weighted by atomic mass is 10.1. The highest BCUT2D eigenvalue weighted by Crippen LogP contribution is 2.38. The Morgan fingerprint density at radius 3 is 2.62 bits per heavy atom. The number of hydrogen-bond donors (Lipinski definition) is 1. The van der Waals surface area contributed by atoms with Crippen LogP contribution < -0.4 is 5.73 Å². The van der Waals surface area contributed by atoms with Crippen molar-refractivity contribution in [3.63, 3.8) is 0 Å². The molecule has 92 valence electrons. The molecule has 4 heteroatoms. The topological polar surface area (TPSA) is 26.0 Å². The van der Waals surface area contributed by atoms with E-state index in [1.807, 2.05) is 11.8 Å². The molecule has 0 aliphatic rings. The summed E-state index contributed by atoms with van der Waals surface area (Å²) in [5.41, 5.74) is 6.22. The van der Waals surface area contributed by atoms with E-state index in [4.69, 9.17) is 5.73 Å². The first-order valence-electron chi connectivity index (χ1n) is 5.65. The molecule has 2 N–H and O–H groups in total. The third-order valence-electron chi connectivity index (χ3n) is 2.34. The Morgan fingerprint density at radius 2 is 2.19 bits per heavy atom. The molecule has 0 amide bonds. The number of thiophene rings is 1. The summed E-state index contributed by atoms with van der Waals surface area (Å²) in [5.74, 6) is 1.90. The smallest absolute Gasteiger partial charge is 0.0542 e. The van der Waals surface area contributed by atoms with Crippen molar-refractivity contribution in [1.29, 1.82) is 0 Å². The monoisotopic (exact) mass is 321 g/mol. The van der Waals surface area contributed by atoms with Gasteiger partial charge in [0.2, 0.25) is 0 Å². The molecule has 1 rings (SSSR count). The minimum Gasteiger partial charge on any atom is -0.326 e. The summed E-state index contributed by atoms with van der Waals surface area (Å²) in [5, 5.41) is 2.59. The SMILES string of the molecule is CCC(N)C(SCC(C)C)c1cc(Br)cs1. The van der Waals surface area contributed by atoms with Crippen molar-refractivity contribution in [1.82, 2.24) is 0 Å². The average molecular weight is 322 g/mol. The lowest BCUT2D eigenvalue weighted by molar-refractivity contribution is 0.636. The second-order valence-electron chi connectivity index (χ2n) is 4.39. The van der Waals surface area contributed by atoms with E-state index in [1.165, 1.54) is 15.1 Å². The Morgan fingerprint density at radius 1 is 1.50 bits per heavy atom. The van der Waals surface area contributed by atoms with Crippen molar-refractivity contribution >= 4 is 39.0 Å². The lowest BCUT2D eigenvalue weighted by Crippen LogP contribution is -2.25. The molecule has 1 aromatic heterocycles. The van der Waals surface area contributed by atoms with Gasteiger partial charge in [-0.05, 0) is 40.1 Å². The van der Waals surface area contributed by atoms with Crippen molar-refractivity contribution in [2.75, 3.05) is 5.75 Å². The zero-order valence-corrected chi connectivity index (χ0v) is 13.3. The minimum atomic E-state index is 0.259. The molecule has 0 radical (unpaired) electrons. The van der Waals surface area contributed by atoms with E-state index in [-0.39, 0.29) is 6.04 Å². The first-order valence-corrected chi connectivity index (χ1v) is 8.37. The van der Waals surface area contributed by atoms with Gasteiger partial charge >= 0.3 is 0 Å². The second kappa shape index (κ2) is 7.04. The third kappa shape index (κ3) is 4.40. The molecule has 0 spiro atoms. The van der Waals surface area contributed by atoms with Gasteiger partial charge in [-0.3, -0.25) is 0 Å². The van der Waals surface area contributed by atoms with Gasteiger partial charge in [0.15, 0.2) is 0 Å². The van der Waals surface area contributed by atoms with Crippen molar-refractivity contribution in [3.8, 4) is 0 Å². The molecule has 16 heavy (non-hydrogen) atoms. The van der Waals surface area contributed by atoms with Crippen molar-refractivity contribution in [2.24, 2.45) is 11.7 Å². The largest absolute Gasteiger partial charge is 0.326 e. The van der Waals surface area contributed by atoms with Gasteiger partial charge in [0.1, 0.15) is 0 Å². The standard InChI is InChI=1S/C12H20BrNS2/c1-4-10(14)12(16-6-8(2)3)11-5-9(13)7-15-11/h5,7-8,10,12H,4,6,14H2,1-3H3. The molecule has 0 saturated heterocycles. The van der Waals surface area contributed by atoms with Crippen LogP contribution in [0, 0.1) is 5.92 Å². The van der Waals surface area contributed by atoms with Gasteiger partial charge in [-0.2, -0.15) is 11.8 Å². The van der Waals surface area contributed by atoms with E-state index in [0.29, 0.717) is 5.25 Å². The van der Waals surface area contributed by atoms with Crippen LogP contribution in [0.4, 0.5) is 0 Å². The van der Waals surface area contributed by atoms with Crippen LogP contribution in [0.2, 0.25) is 0 Å². The Bertz CT molecular complexity index is 312. The van der Waals surface area contributed by atoms with E-state index in [1.54, 1.807) is 11.3 Å². The van der Waals surface area contributed by atoms with Gasteiger partial charge in [0.05, 0.1) is 5.25 Å². The van der Waals surface area contributed by atoms with Gasteiger partial charge in [0.25, 0.3) is 0 Å². The fourth-order valence-electron chi connectivity index (χ4n) is 1.40. The minimum absolute atomic E-state index is 0.259. The summed E-state index contributed by atoms with van der Waals surface area (Å²) in [6, 6.07) is 2.47. The summed E-state index contributed by atoms with van der Waals surface area (Å²) in [7, 11) is 0. The van der Waals surface area contributed by atoms with Crippen LogP contribution in [0.25, 0.3) is 0 Å². The van der Waals surface area contributed by atoms with E-state index in [0.717, 1.165) is 12.3 Å². The van der Waals surface area contributed by atoms with Crippen LogP contribution in [0.5, 0.6) is 0 Å². The molecule has 0 aliphatic heterocycles. The van der Waals surface area contributed by atoms with E-state index >= 15 is 0 Å². The van der Waals surface area contributed by atoms with E-state index in [9.17, 15) is 0 Å². The van der Waals surface area contributed by atoms with Crippen molar-refractivity contribution in [2.45, 2.75) is 38.5 Å². The highest BCUT2D eigenvalue weighted by atomic mass is 79.9. The first kappa shape index (κ1) is 14.6. The van der Waals surface area contributed by atoms with E-state index in [2.05, 4.69) is 48.1 Å². The van der Waals surface area contributed by atoms with Crippen LogP contribution in [0.3, 0.4) is 0 Å². The Kier molecular flexibility index (Phi) is 6.40. The fraction of sp³-hybridized carbons (Fsp3) is 0.667. The normalized spacial score (nSPS) is 15.4. The zero-order valence-electron chi connectivity index (χ0n) is 10.1. The maximum atomic E-state index is 6.22. The molecule has 0 saturated carbocycles. The Labute approximate surface area is 115 Å². The third-order valence-corrected chi connectivity index (χ3v) is 6.09. The highest BCUT2D eigenvalue weighted by molar-refractivity contribution is 9.10. The predicted molar refractivity (Wildman–Crippen MR) is 80.3 cm³/mol. The van der Waals surface area contributed by atoms with Crippen molar-refractivity contribution in [3.05, 3.63) is 20.8 Å². The summed E-state index contributed by atoms with van der Waals surface area (Å²) < 4.78 is 1.17. The van der Waals surface area contributed by atoms with Crippen LogP contribution >= 0.6 is 39.0 Å². The van der Waals surface area contributed by atoms with Gasteiger partial charge in [-0.1, -0.05) is 20.8 Å².